The Balaban J connectivity index is 2.39. The summed E-state index contributed by atoms with van der Waals surface area (Å²) in [6.07, 6.45) is 0.625. The molecule has 0 bridgehead atoms. The van der Waals surface area contributed by atoms with E-state index in [1.165, 1.54) is 0 Å². The maximum absolute atomic E-state index is 11.5. The lowest BCUT2D eigenvalue weighted by molar-refractivity contribution is -0.126. The zero-order valence-corrected chi connectivity index (χ0v) is 14.6. The molecule has 0 atom stereocenters. The molecule has 0 aromatic heterocycles. The number of phenols is 1. The number of hydrogen-bond acceptors (Lipinski definition) is 5. The highest BCUT2D eigenvalue weighted by Crippen LogP contribution is 2.22. The molecule has 0 amide bonds. The van der Waals surface area contributed by atoms with E-state index in [0.29, 0.717) is 31.4 Å². The Kier molecular flexibility index (Phi) is 8.66. The maximum Gasteiger partial charge on any atom is 0.160 e. The lowest BCUT2D eigenvalue weighted by atomic mass is 10.1. The lowest BCUT2D eigenvalue weighted by Gasteiger charge is -2.11. The number of rotatable bonds is 11. The van der Waals surface area contributed by atoms with Crippen molar-refractivity contribution in [2.45, 2.75) is 40.2 Å². The minimum atomic E-state index is -0.00443. The first-order valence-corrected chi connectivity index (χ1v) is 8.18. The fraction of sp³-hybridized carbons (Fsp3) is 0.611. The van der Waals surface area contributed by atoms with Gasteiger partial charge in [0.05, 0.1) is 6.61 Å². The van der Waals surface area contributed by atoms with E-state index in [4.69, 9.17) is 9.47 Å². The molecule has 23 heavy (non-hydrogen) atoms. The van der Waals surface area contributed by atoms with Crippen LogP contribution in [-0.2, 0) is 16.0 Å². The summed E-state index contributed by atoms with van der Waals surface area (Å²) >= 11 is 0. The first-order valence-electron chi connectivity index (χ1n) is 8.18. The van der Waals surface area contributed by atoms with Crippen molar-refractivity contribution in [1.82, 2.24) is 5.32 Å². The van der Waals surface area contributed by atoms with Gasteiger partial charge in [-0.2, -0.15) is 0 Å². The maximum atomic E-state index is 11.5. The van der Waals surface area contributed by atoms with Crippen LogP contribution in [-0.4, -0.2) is 43.3 Å². The average molecular weight is 323 g/mol. The quantitative estimate of drug-likeness (QED) is 0.613. The van der Waals surface area contributed by atoms with Crippen molar-refractivity contribution in [3.8, 4) is 11.5 Å². The Morgan fingerprint density at radius 3 is 2.57 bits per heavy atom. The van der Waals surface area contributed by atoms with Crippen molar-refractivity contribution in [3.63, 3.8) is 0 Å². The van der Waals surface area contributed by atoms with Crippen molar-refractivity contribution < 1.29 is 19.4 Å². The number of phenolic OH excluding ortho intramolecular Hbond substituents is 1. The third-order valence-corrected chi connectivity index (χ3v) is 3.30. The van der Waals surface area contributed by atoms with Gasteiger partial charge in [0, 0.05) is 24.6 Å². The second kappa shape index (κ2) is 10.2. The Morgan fingerprint density at radius 2 is 1.91 bits per heavy atom. The number of benzene rings is 1. The monoisotopic (exact) mass is 323 g/mol. The van der Waals surface area contributed by atoms with Crippen LogP contribution in [0.2, 0.25) is 0 Å². The van der Waals surface area contributed by atoms with Crippen molar-refractivity contribution in [1.29, 1.82) is 0 Å². The molecule has 0 fully saturated rings. The molecule has 0 aliphatic rings. The highest BCUT2D eigenvalue weighted by Gasteiger charge is 2.07. The minimum Gasteiger partial charge on any atom is -0.508 e. The average Bonchev–Trinajstić information content (AvgIpc) is 2.47. The highest BCUT2D eigenvalue weighted by atomic mass is 16.5. The van der Waals surface area contributed by atoms with Gasteiger partial charge in [0.2, 0.25) is 0 Å². The molecule has 1 rings (SSSR count). The van der Waals surface area contributed by atoms with E-state index < -0.39 is 0 Å². The number of aromatic hydroxyl groups is 1. The molecular formula is C18H29NO4. The summed E-state index contributed by atoms with van der Waals surface area (Å²) in [6, 6.07) is 5.60. The van der Waals surface area contributed by atoms with Crippen LogP contribution in [0, 0.1) is 5.92 Å². The molecule has 0 heterocycles. The van der Waals surface area contributed by atoms with E-state index in [2.05, 4.69) is 19.2 Å². The number of carbonyl (C=O) groups is 1. The van der Waals surface area contributed by atoms with E-state index in [1.54, 1.807) is 12.1 Å². The van der Waals surface area contributed by atoms with E-state index in [-0.39, 0.29) is 24.1 Å². The van der Waals surface area contributed by atoms with Gasteiger partial charge < -0.3 is 19.9 Å². The molecule has 1 aromatic rings. The van der Waals surface area contributed by atoms with Crippen LogP contribution in [0.3, 0.4) is 0 Å². The minimum absolute atomic E-state index is 0.00443. The van der Waals surface area contributed by atoms with Crippen LogP contribution in [0.15, 0.2) is 18.2 Å². The predicted octanol–water partition coefficient (Wildman–Crippen LogP) is 2.55. The van der Waals surface area contributed by atoms with Gasteiger partial charge in [-0.3, -0.25) is 4.79 Å². The Labute approximate surface area is 139 Å². The summed E-state index contributed by atoms with van der Waals surface area (Å²) in [5.74, 6) is 0.911. The molecule has 130 valence electrons. The predicted molar refractivity (Wildman–Crippen MR) is 91.1 cm³/mol. The third-order valence-electron chi connectivity index (χ3n) is 3.30. The molecule has 0 aliphatic carbocycles. The second-order valence-electron chi connectivity index (χ2n) is 6.22. The van der Waals surface area contributed by atoms with Crippen LogP contribution in [0.5, 0.6) is 11.5 Å². The summed E-state index contributed by atoms with van der Waals surface area (Å²) in [6.45, 7) is 9.75. The molecule has 0 saturated carbocycles. The standard InChI is InChI=1S/C18H29NO4/c1-13(2)18(21)12-22-7-5-15-9-16(20)11-17(10-15)23-8-6-19-14(3)4/h9-11,13-14,19-20H,5-8,12H2,1-4H3. The van der Waals surface area contributed by atoms with Crippen molar-refractivity contribution in [2.75, 3.05) is 26.4 Å². The number of carbonyl (C=O) groups excluding carboxylic acids is 1. The van der Waals surface area contributed by atoms with Crippen molar-refractivity contribution in [2.24, 2.45) is 5.92 Å². The summed E-state index contributed by atoms with van der Waals surface area (Å²) in [5, 5.41) is 13.0. The molecule has 0 aliphatic heterocycles. The fourth-order valence-corrected chi connectivity index (χ4v) is 1.92. The first-order chi connectivity index (χ1) is 10.9. The van der Waals surface area contributed by atoms with Crippen LogP contribution < -0.4 is 10.1 Å². The number of hydrogen-bond donors (Lipinski definition) is 2. The SMILES string of the molecule is CC(C)NCCOc1cc(O)cc(CCOCC(=O)C(C)C)c1. The molecule has 2 N–H and O–H groups in total. The van der Waals surface area contributed by atoms with Crippen LogP contribution >= 0.6 is 0 Å². The lowest BCUT2D eigenvalue weighted by Crippen LogP contribution is -2.27. The van der Waals surface area contributed by atoms with Gasteiger partial charge >= 0.3 is 0 Å². The molecule has 5 nitrogen and oxygen atoms in total. The molecule has 0 saturated heterocycles. The normalized spacial score (nSPS) is 11.2. The van der Waals surface area contributed by atoms with Gasteiger partial charge in [-0.25, -0.2) is 0 Å². The smallest absolute Gasteiger partial charge is 0.160 e. The van der Waals surface area contributed by atoms with Crippen molar-refractivity contribution in [3.05, 3.63) is 23.8 Å². The van der Waals surface area contributed by atoms with Gasteiger partial charge in [0.25, 0.3) is 0 Å². The Bertz CT molecular complexity index is 486. The van der Waals surface area contributed by atoms with Gasteiger partial charge in [-0.15, -0.1) is 0 Å². The zero-order chi connectivity index (χ0) is 17.2. The van der Waals surface area contributed by atoms with Crippen LogP contribution in [0.4, 0.5) is 0 Å². The summed E-state index contributed by atoms with van der Waals surface area (Å²) in [5.41, 5.74) is 0.925. The molecular weight excluding hydrogens is 294 g/mol. The Hall–Kier alpha value is -1.59. The molecule has 1 aromatic carbocycles. The molecule has 5 heteroatoms. The van der Waals surface area contributed by atoms with E-state index in [0.717, 1.165) is 12.1 Å². The number of ether oxygens (including phenoxy) is 2. The summed E-state index contributed by atoms with van der Waals surface area (Å²) in [4.78, 5) is 11.5. The van der Waals surface area contributed by atoms with Gasteiger partial charge in [-0.05, 0) is 24.1 Å². The number of ketones is 1. The zero-order valence-electron chi connectivity index (χ0n) is 14.6. The van der Waals surface area contributed by atoms with Crippen LogP contribution in [0.25, 0.3) is 0 Å². The van der Waals surface area contributed by atoms with E-state index in [9.17, 15) is 9.90 Å². The molecule has 0 unspecified atom stereocenters. The summed E-state index contributed by atoms with van der Waals surface area (Å²) in [7, 11) is 0. The van der Waals surface area contributed by atoms with E-state index >= 15 is 0 Å². The third kappa shape index (κ3) is 8.57. The topological polar surface area (TPSA) is 67.8 Å². The second-order valence-corrected chi connectivity index (χ2v) is 6.22. The number of nitrogens with one attached hydrogen (secondary N) is 1. The van der Waals surface area contributed by atoms with E-state index in [1.807, 2.05) is 19.9 Å². The van der Waals surface area contributed by atoms with Crippen molar-refractivity contribution >= 4 is 5.78 Å². The fourth-order valence-electron chi connectivity index (χ4n) is 1.92. The van der Waals surface area contributed by atoms with Gasteiger partial charge in [-0.1, -0.05) is 27.7 Å². The van der Waals surface area contributed by atoms with Gasteiger partial charge in [0.15, 0.2) is 5.78 Å². The highest BCUT2D eigenvalue weighted by molar-refractivity contribution is 5.81. The van der Waals surface area contributed by atoms with Crippen LogP contribution in [0.1, 0.15) is 33.3 Å². The first kappa shape index (κ1) is 19.5. The Morgan fingerprint density at radius 1 is 1.17 bits per heavy atom. The molecule has 0 radical (unpaired) electrons. The molecule has 0 spiro atoms. The number of Topliss-reactive ketones (excluding diaryl/α,β-unsaturated/α-hetero) is 1. The van der Waals surface area contributed by atoms with Gasteiger partial charge in [0.1, 0.15) is 24.7 Å². The largest absolute Gasteiger partial charge is 0.508 e. The summed E-state index contributed by atoms with van der Waals surface area (Å²) < 4.78 is 11.0.